The smallest absolute Gasteiger partial charge is 0.251 e. The summed E-state index contributed by atoms with van der Waals surface area (Å²) in [5.74, 6) is 0.620. The summed E-state index contributed by atoms with van der Waals surface area (Å²) in [5, 5.41) is 15.6. The number of aliphatic hydroxyl groups is 1. The number of amidine groups is 1. The zero-order valence-corrected chi connectivity index (χ0v) is 22.3. The predicted molar refractivity (Wildman–Crippen MR) is 148 cm³/mol. The van der Waals surface area contributed by atoms with E-state index in [1.54, 1.807) is 18.2 Å². The highest BCUT2D eigenvalue weighted by atomic mass is 35.5. The lowest BCUT2D eigenvalue weighted by Gasteiger charge is -2.21. The van der Waals surface area contributed by atoms with E-state index < -0.39 is 18.1 Å². The molecule has 0 saturated carbocycles. The Kier molecular flexibility index (Phi) is 8.78. The molecule has 2 aliphatic rings. The van der Waals surface area contributed by atoms with Crippen LogP contribution in [0.4, 0.5) is 0 Å². The highest BCUT2D eigenvalue weighted by molar-refractivity contribution is 6.32. The third-order valence-electron chi connectivity index (χ3n) is 6.00. The van der Waals surface area contributed by atoms with Crippen molar-refractivity contribution in [3.05, 3.63) is 94.8 Å². The van der Waals surface area contributed by atoms with Gasteiger partial charge >= 0.3 is 0 Å². The van der Waals surface area contributed by atoms with Crippen LogP contribution >= 0.6 is 11.6 Å². The summed E-state index contributed by atoms with van der Waals surface area (Å²) < 4.78 is 5.65. The maximum absolute atomic E-state index is 13.1. The van der Waals surface area contributed by atoms with Gasteiger partial charge in [-0.1, -0.05) is 35.9 Å². The molecule has 2 aromatic carbocycles. The number of fused-ring (bicyclic) bond motifs is 1. The number of nitrogens with zero attached hydrogens (tertiary/aromatic N) is 1. The summed E-state index contributed by atoms with van der Waals surface area (Å²) in [4.78, 5) is 30.8. The topological polar surface area (TPSA) is 104 Å². The zero-order chi connectivity index (χ0) is 27.2. The summed E-state index contributed by atoms with van der Waals surface area (Å²) in [6, 6.07) is 12.4. The molecule has 0 saturated heterocycles. The van der Waals surface area contributed by atoms with E-state index in [-0.39, 0.29) is 18.6 Å². The molecule has 0 fully saturated rings. The van der Waals surface area contributed by atoms with Gasteiger partial charge in [-0.05, 0) is 63.1 Å². The second-order valence-electron chi connectivity index (χ2n) is 9.50. The maximum atomic E-state index is 13.1. The number of quaternary nitrogens is 1. The molecule has 0 radical (unpaired) electrons. The summed E-state index contributed by atoms with van der Waals surface area (Å²) >= 11 is 6.32. The van der Waals surface area contributed by atoms with Crippen LogP contribution in [-0.2, 0) is 11.2 Å². The minimum Gasteiger partial charge on any atom is -0.489 e. The molecule has 2 amide bonds. The van der Waals surface area contributed by atoms with Gasteiger partial charge in [0.25, 0.3) is 5.91 Å². The lowest BCUT2D eigenvalue weighted by Crippen LogP contribution is -3.04. The number of halogens is 1. The Balaban J connectivity index is 1.46. The molecule has 0 bridgehead atoms. The highest BCUT2D eigenvalue weighted by Gasteiger charge is 2.23. The first-order valence-electron chi connectivity index (χ1n) is 12.5. The maximum Gasteiger partial charge on any atom is 0.251 e. The number of amides is 2. The van der Waals surface area contributed by atoms with Gasteiger partial charge in [0.05, 0.1) is 17.2 Å². The second kappa shape index (κ2) is 12.2. The molecule has 2 heterocycles. The van der Waals surface area contributed by atoms with Gasteiger partial charge in [0.1, 0.15) is 30.0 Å². The first kappa shape index (κ1) is 27.3. The van der Waals surface area contributed by atoms with E-state index in [0.717, 1.165) is 27.6 Å². The quantitative estimate of drug-likeness (QED) is 0.375. The first-order chi connectivity index (χ1) is 18.2. The van der Waals surface area contributed by atoms with Crippen molar-refractivity contribution in [3.63, 3.8) is 0 Å². The molecule has 38 heavy (non-hydrogen) atoms. The molecule has 4 N–H and O–H groups in total. The third kappa shape index (κ3) is 6.98. The lowest BCUT2D eigenvalue weighted by molar-refractivity contribution is -0.678. The van der Waals surface area contributed by atoms with Crippen LogP contribution in [0.5, 0.6) is 5.75 Å². The number of carbonyl (C=O) groups excluding carboxylic acids is 2. The normalized spacial score (nSPS) is 17.4. The largest absolute Gasteiger partial charge is 0.489 e. The average molecular weight is 536 g/mol. The summed E-state index contributed by atoms with van der Waals surface area (Å²) in [6.07, 6.45) is 9.30. The Morgan fingerprint density at radius 2 is 1.87 bits per heavy atom. The van der Waals surface area contributed by atoms with Crippen molar-refractivity contribution in [3.8, 4) is 5.75 Å². The third-order valence-corrected chi connectivity index (χ3v) is 6.29. The van der Waals surface area contributed by atoms with Gasteiger partial charge in [-0.3, -0.25) is 9.59 Å². The number of hydrogen-bond acceptors (Lipinski definition) is 5. The van der Waals surface area contributed by atoms with Crippen LogP contribution in [0.15, 0.2) is 78.1 Å². The monoisotopic (exact) mass is 535 g/mol. The van der Waals surface area contributed by atoms with Crippen LogP contribution < -0.4 is 20.3 Å². The summed E-state index contributed by atoms with van der Waals surface area (Å²) in [7, 11) is 0. The van der Waals surface area contributed by atoms with Crippen LogP contribution in [0.25, 0.3) is 5.70 Å². The Hall–Kier alpha value is -3.72. The minimum atomic E-state index is -1.15. The van der Waals surface area contributed by atoms with Crippen LogP contribution in [-0.4, -0.2) is 47.6 Å². The van der Waals surface area contributed by atoms with Gasteiger partial charge < -0.3 is 20.5 Å². The molecule has 2 aliphatic heterocycles. The number of rotatable bonds is 10. The molecule has 2 aromatic rings. The Morgan fingerprint density at radius 3 is 2.53 bits per heavy atom. The van der Waals surface area contributed by atoms with Crippen molar-refractivity contribution >= 4 is 34.9 Å². The predicted octanol–water partition coefficient (Wildman–Crippen LogP) is 2.64. The minimum absolute atomic E-state index is 0.0468. The SMILES string of the molecule is CC(C)Oc1ccc(C(=O)N[C@H](CNC(=O)[C@@H](C)O)Cc2ccc(C3=C[NH+]4C=CC=CC4=N3)cc2)cc1Cl. The van der Waals surface area contributed by atoms with Crippen LogP contribution in [0.2, 0.25) is 5.02 Å². The molecular weight excluding hydrogens is 504 g/mol. The summed E-state index contributed by atoms with van der Waals surface area (Å²) in [5.41, 5.74) is 3.24. The number of hydrogen-bond donors (Lipinski definition) is 4. The number of benzene rings is 2. The van der Waals surface area contributed by atoms with Gasteiger partial charge in [0.2, 0.25) is 11.7 Å². The lowest BCUT2D eigenvalue weighted by atomic mass is 10.0. The fraction of sp³-hybridized carbons (Fsp3) is 0.276. The number of aliphatic hydroxyl groups excluding tert-OH is 1. The molecule has 198 valence electrons. The van der Waals surface area contributed by atoms with Gasteiger partial charge in [0, 0.05) is 23.7 Å². The Bertz CT molecular complexity index is 1310. The molecule has 4 rings (SSSR count). The average Bonchev–Trinajstić information content (AvgIpc) is 3.32. The highest BCUT2D eigenvalue weighted by Crippen LogP contribution is 2.26. The van der Waals surface area contributed by atoms with Crippen molar-refractivity contribution in [2.75, 3.05) is 6.54 Å². The Labute approximate surface area is 227 Å². The van der Waals surface area contributed by atoms with E-state index >= 15 is 0 Å². The fourth-order valence-electron chi connectivity index (χ4n) is 4.07. The fourth-order valence-corrected chi connectivity index (χ4v) is 4.30. The van der Waals surface area contributed by atoms with E-state index in [1.165, 1.54) is 6.92 Å². The molecule has 1 unspecified atom stereocenters. The molecular formula is C29H32ClN4O4+. The standard InChI is InChI=1S/C29H31ClN4O4/c1-18(2)38-26-12-11-22(15-24(26)30)29(37)32-23(16-31-28(36)19(3)35)14-20-7-9-21(10-8-20)25-17-34-13-5-4-6-27(34)33-25/h4-13,15,17-19,23,35H,14,16H2,1-3H3,(H,31,36)(H,32,37)/p+1/t19-,23+/m1/s1. The van der Waals surface area contributed by atoms with E-state index in [1.807, 2.05) is 62.5 Å². The molecule has 9 heteroatoms. The van der Waals surface area contributed by atoms with Gasteiger partial charge in [-0.15, -0.1) is 0 Å². The van der Waals surface area contributed by atoms with E-state index in [9.17, 15) is 14.7 Å². The summed E-state index contributed by atoms with van der Waals surface area (Å²) in [6.45, 7) is 5.34. The van der Waals surface area contributed by atoms with E-state index in [2.05, 4.69) is 16.8 Å². The first-order valence-corrected chi connectivity index (χ1v) is 12.9. The van der Waals surface area contributed by atoms with Crippen LogP contribution in [0.3, 0.4) is 0 Å². The van der Waals surface area contributed by atoms with Crippen LogP contribution in [0.1, 0.15) is 42.3 Å². The van der Waals surface area contributed by atoms with Gasteiger partial charge in [-0.2, -0.15) is 4.99 Å². The van der Waals surface area contributed by atoms with Gasteiger partial charge in [-0.25, -0.2) is 4.90 Å². The molecule has 0 aromatic heterocycles. The molecule has 0 spiro atoms. The Morgan fingerprint density at radius 1 is 1.11 bits per heavy atom. The zero-order valence-electron chi connectivity index (χ0n) is 21.6. The van der Waals surface area contributed by atoms with Gasteiger partial charge in [0.15, 0.2) is 0 Å². The number of carbonyl (C=O) groups is 2. The number of aliphatic imine (C=N–C) groups is 1. The number of ether oxygens (including phenoxy) is 1. The molecule has 0 aliphatic carbocycles. The number of allylic oxidation sites excluding steroid dienone is 2. The molecule has 8 nitrogen and oxygen atoms in total. The van der Waals surface area contributed by atoms with Crippen molar-refractivity contribution in [1.29, 1.82) is 0 Å². The van der Waals surface area contributed by atoms with Crippen LogP contribution in [0, 0.1) is 0 Å². The van der Waals surface area contributed by atoms with Crippen molar-refractivity contribution in [2.45, 2.75) is 45.4 Å². The van der Waals surface area contributed by atoms with E-state index in [0.29, 0.717) is 22.8 Å². The van der Waals surface area contributed by atoms with Crippen molar-refractivity contribution < 1.29 is 24.3 Å². The van der Waals surface area contributed by atoms with Crippen molar-refractivity contribution in [2.24, 2.45) is 4.99 Å². The van der Waals surface area contributed by atoms with E-state index in [4.69, 9.17) is 21.3 Å². The number of nitrogens with one attached hydrogen (secondary N) is 3. The molecule has 3 atom stereocenters. The second-order valence-corrected chi connectivity index (χ2v) is 9.91. The van der Waals surface area contributed by atoms with Crippen molar-refractivity contribution in [1.82, 2.24) is 10.6 Å².